The number of carboxylic acid groups (broad SMARTS) is 1. The summed E-state index contributed by atoms with van der Waals surface area (Å²) in [4.78, 5) is 19.7. The molecule has 2 aromatic heterocycles. The predicted molar refractivity (Wildman–Crippen MR) is 117 cm³/mol. The number of aliphatic imine (C=N–C) groups is 1. The van der Waals surface area contributed by atoms with E-state index in [1.807, 2.05) is 19.9 Å². The number of carboxylic acids is 1. The van der Waals surface area contributed by atoms with Gasteiger partial charge in [-0.1, -0.05) is 11.6 Å². The van der Waals surface area contributed by atoms with Crippen molar-refractivity contribution < 1.29 is 14.6 Å². The van der Waals surface area contributed by atoms with E-state index < -0.39 is 12.1 Å². The van der Waals surface area contributed by atoms with E-state index in [-0.39, 0.29) is 11.7 Å². The molecule has 0 aliphatic carbocycles. The van der Waals surface area contributed by atoms with Crippen LogP contribution in [0.2, 0.25) is 5.02 Å². The van der Waals surface area contributed by atoms with Gasteiger partial charge in [-0.25, -0.2) is 19.5 Å². The monoisotopic (exact) mass is 440 g/mol. The summed E-state index contributed by atoms with van der Waals surface area (Å²) in [5.41, 5.74) is 9.68. The summed E-state index contributed by atoms with van der Waals surface area (Å²) in [6.45, 7) is 3.82. The van der Waals surface area contributed by atoms with Crippen LogP contribution >= 0.6 is 11.6 Å². The van der Waals surface area contributed by atoms with E-state index in [1.165, 1.54) is 12.3 Å². The number of ether oxygens (including phenoxy) is 1. The first kappa shape index (κ1) is 20.8. The van der Waals surface area contributed by atoms with E-state index in [9.17, 15) is 9.90 Å². The normalized spacial score (nSPS) is 15.8. The number of nitrogens with two attached hydrogens (primary N) is 1. The summed E-state index contributed by atoms with van der Waals surface area (Å²) in [5, 5.41) is 17.3. The molecule has 9 nitrogen and oxygen atoms in total. The molecule has 2 atom stereocenters. The Bertz CT molecular complexity index is 1210. The minimum atomic E-state index is -1.11. The third kappa shape index (κ3) is 3.51. The topological polar surface area (TPSA) is 128 Å². The minimum absolute atomic E-state index is 0.0644. The molecule has 3 heterocycles. The zero-order valence-electron chi connectivity index (χ0n) is 17.1. The first-order valence-electron chi connectivity index (χ1n) is 9.51. The van der Waals surface area contributed by atoms with Crippen molar-refractivity contribution in [2.24, 2.45) is 10.7 Å². The zero-order valence-corrected chi connectivity index (χ0v) is 17.9. The summed E-state index contributed by atoms with van der Waals surface area (Å²) in [7, 11) is 1.57. The third-order valence-electron chi connectivity index (χ3n) is 5.37. The first-order valence-corrected chi connectivity index (χ1v) is 9.89. The molecule has 31 heavy (non-hydrogen) atoms. The number of methoxy groups -OCH3 is 1. The highest BCUT2D eigenvalue weighted by molar-refractivity contribution is 6.32. The van der Waals surface area contributed by atoms with Crippen LogP contribution < -0.4 is 15.8 Å². The standard InChI is InChI=1S/C21H21ClN6O3/c1-10-15(22)7-13(11(2)28-20-14(8-27-28)19(23)25-9-26-20)18(31-3)17(10)12-4-5-24-16(6-12)21(29)30/h4-9,11,19H,23H2,1-3H3,(H,25,26)(H,29,30). The van der Waals surface area contributed by atoms with Crippen molar-refractivity contribution in [2.75, 3.05) is 7.11 Å². The lowest BCUT2D eigenvalue weighted by Gasteiger charge is -2.23. The highest BCUT2D eigenvalue weighted by Gasteiger charge is 2.27. The van der Waals surface area contributed by atoms with Gasteiger partial charge >= 0.3 is 5.97 Å². The fourth-order valence-electron chi connectivity index (χ4n) is 3.73. The largest absolute Gasteiger partial charge is 0.496 e. The number of hydrogen-bond donors (Lipinski definition) is 3. The minimum Gasteiger partial charge on any atom is -0.496 e. The molecule has 4 N–H and O–H groups in total. The fourth-order valence-corrected chi connectivity index (χ4v) is 3.94. The number of carbonyl (C=O) groups is 1. The van der Waals surface area contributed by atoms with Crippen LogP contribution in [0.3, 0.4) is 0 Å². The van der Waals surface area contributed by atoms with Crippen molar-refractivity contribution in [1.82, 2.24) is 20.1 Å². The molecular weight excluding hydrogens is 420 g/mol. The van der Waals surface area contributed by atoms with Crippen LogP contribution in [-0.4, -0.2) is 39.3 Å². The SMILES string of the molecule is COc1c(C(C)n2ncc3c2N=CNC3N)cc(Cl)c(C)c1-c1ccnc(C(=O)O)c1. The van der Waals surface area contributed by atoms with Crippen LogP contribution in [-0.2, 0) is 0 Å². The van der Waals surface area contributed by atoms with Crippen molar-refractivity contribution in [1.29, 1.82) is 0 Å². The van der Waals surface area contributed by atoms with Gasteiger partial charge in [0, 0.05) is 22.3 Å². The lowest BCUT2D eigenvalue weighted by atomic mass is 9.94. The Balaban J connectivity index is 1.90. The molecule has 3 aromatic rings. The Kier molecular flexibility index (Phi) is 5.38. The van der Waals surface area contributed by atoms with Gasteiger partial charge in [0.25, 0.3) is 0 Å². The number of aromatic carboxylic acids is 1. The first-order chi connectivity index (χ1) is 14.8. The second-order valence-electron chi connectivity index (χ2n) is 7.16. The summed E-state index contributed by atoms with van der Waals surface area (Å²) >= 11 is 6.60. The van der Waals surface area contributed by atoms with Gasteiger partial charge in [0.1, 0.15) is 17.6 Å². The molecule has 0 bridgehead atoms. The van der Waals surface area contributed by atoms with E-state index in [0.29, 0.717) is 27.7 Å². The van der Waals surface area contributed by atoms with Gasteiger partial charge in [0.05, 0.1) is 31.3 Å². The molecule has 10 heteroatoms. The van der Waals surface area contributed by atoms with E-state index in [4.69, 9.17) is 22.1 Å². The molecule has 1 aliphatic heterocycles. The molecule has 0 saturated heterocycles. The second kappa shape index (κ2) is 8.01. The number of nitrogens with zero attached hydrogens (tertiary/aromatic N) is 4. The van der Waals surface area contributed by atoms with Gasteiger partial charge in [-0.15, -0.1) is 0 Å². The number of pyridine rings is 1. The summed E-state index contributed by atoms with van der Waals surface area (Å²) in [5.74, 6) is 0.111. The molecule has 0 radical (unpaired) electrons. The van der Waals surface area contributed by atoms with E-state index >= 15 is 0 Å². The molecule has 0 amide bonds. The van der Waals surface area contributed by atoms with Crippen molar-refractivity contribution in [3.63, 3.8) is 0 Å². The lowest BCUT2D eigenvalue weighted by molar-refractivity contribution is 0.0690. The lowest BCUT2D eigenvalue weighted by Crippen LogP contribution is -2.29. The summed E-state index contributed by atoms with van der Waals surface area (Å²) in [6.07, 6.45) is 4.30. The zero-order chi connectivity index (χ0) is 22.3. The smallest absolute Gasteiger partial charge is 0.354 e. The van der Waals surface area contributed by atoms with Crippen molar-refractivity contribution in [3.05, 3.63) is 58.0 Å². The number of aromatic nitrogens is 3. The maximum absolute atomic E-state index is 11.4. The van der Waals surface area contributed by atoms with Gasteiger partial charge in [-0.05, 0) is 43.2 Å². The molecule has 2 unspecified atom stereocenters. The highest BCUT2D eigenvalue weighted by atomic mass is 35.5. The van der Waals surface area contributed by atoms with Crippen LogP contribution in [0.1, 0.15) is 46.3 Å². The van der Waals surface area contributed by atoms with Crippen LogP contribution in [0, 0.1) is 6.92 Å². The molecule has 160 valence electrons. The maximum Gasteiger partial charge on any atom is 0.354 e. The van der Waals surface area contributed by atoms with E-state index in [2.05, 4.69) is 20.4 Å². The summed E-state index contributed by atoms with van der Waals surface area (Å²) in [6, 6.07) is 4.77. The number of rotatable bonds is 5. The molecule has 0 saturated carbocycles. The Morgan fingerprint density at radius 2 is 2.19 bits per heavy atom. The summed E-state index contributed by atoms with van der Waals surface area (Å²) < 4.78 is 7.57. The van der Waals surface area contributed by atoms with Crippen LogP contribution in [0.4, 0.5) is 5.82 Å². The number of halogens is 1. The van der Waals surface area contributed by atoms with Gasteiger partial charge in [-0.2, -0.15) is 5.10 Å². The van der Waals surface area contributed by atoms with Crippen LogP contribution in [0.5, 0.6) is 5.75 Å². The van der Waals surface area contributed by atoms with Crippen molar-refractivity contribution in [3.8, 4) is 16.9 Å². The van der Waals surface area contributed by atoms with Crippen LogP contribution in [0.25, 0.3) is 11.1 Å². The number of hydrogen-bond acceptors (Lipinski definition) is 7. The van der Waals surface area contributed by atoms with E-state index in [1.54, 1.807) is 30.4 Å². The average Bonchev–Trinajstić information content (AvgIpc) is 3.20. The maximum atomic E-state index is 11.4. The molecule has 1 aliphatic rings. The van der Waals surface area contributed by atoms with Gasteiger partial charge < -0.3 is 20.9 Å². The van der Waals surface area contributed by atoms with Crippen molar-refractivity contribution in [2.45, 2.75) is 26.1 Å². The Hall–Kier alpha value is -3.43. The highest BCUT2D eigenvalue weighted by Crippen LogP contribution is 2.44. The van der Waals surface area contributed by atoms with Gasteiger partial charge in [0.15, 0.2) is 5.82 Å². The second-order valence-corrected chi connectivity index (χ2v) is 7.57. The molecular formula is C21H21ClN6O3. The molecule has 4 rings (SSSR count). The third-order valence-corrected chi connectivity index (χ3v) is 5.76. The fraction of sp³-hybridized carbons (Fsp3) is 0.238. The van der Waals surface area contributed by atoms with E-state index in [0.717, 1.165) is 16.7 Å². The van der Waals surface area contributed by atoms with Crippen molar-refractivity contribution >= 4 is 29.7 Å². The number of benzene rings is 1. The van der Waals surface area contributed by atoms with Gasteiger partial charge in [-0.3, -0.25) is 0 Å². The molecule has 1 aromatic carbocycles. The number of nitrogens with one attached hydrogen (secondary N) is 1. The predicted octanol–water partition coefficient (Wildman–Crippen LogP) is 3.44. The molecule has 0 fully saturated rings. The quantitative estimate of drug-likeness (QED) is 0.554. The van der Waals surface area contributed by atoms with Gasteiger partial charge in [0.2, 0.25) is 0 Å². The Morgan fingerprint density at radius 1 is 1.42 bits per heavy atom. The average molecular weight is 441 g/mol. The Morgan fingerprint density at radius 3 is 2.90 bits per heavy atom. The van der Waals surface area contributed by atoms with Crippen LogP contribution in [0.15, 0.2) is 35.6 Å². The number of fused-ring (bicyclic) bond motifs is 1. The Labute approximate surface area is 183 Å². The molecule has 0 spiro atoms.